The number of rotatable bonds is 3. The van der Waals surface area contributed by atoms with Gasteiger partial charge in [-0.15, -0.1) is 0 Å². The molecule has 0 spiro atoms. The second kappa shape index (κ2) is 5.08. The fourth-order valence-corrected chi connectivity index (χ4v) is 2.98. The van der Waals surface area contributed by atoms with Crippen LogP contribution in [0, 0.1) is 17.6 Å². The summed E-state index contributed by atoms with van der Waals surface area (Å²) in [5, 5.41) is 3.60. The second-order valence-electron chi connectivity index (χ2n) is 5.67. The fourth-order valence-electron chi connectivity index (χ4n) is 2.98. The molecule has 0 bridgehead atoms. The van der Waals surface area contributed by atoms with Gasteiger partial charge in [0.25, 0.3) is 0 Å². The highest BCUT2D eigenvalue weighted by molar-refractivity contribution is 5.49. The van der Waals surface area contributed by atoms with E-state index < -0.39 is 11.6 Å². The third-order valence-corrected chi connectivity index (χ3v) is 4.35. The lowest BCUT2D eigenvalue weighted by atomic mass is 10.0. The summed E-state index contributed by atoms with van der Waals surface area (Å²) in [6.07, 6.45) is 3.59. The Morgan fingerprint density at radius 3 is 2.68 bits per heavy atom. The average Bonchev–Trinajstić information content (AvgIpc) is 3.26. The number of hydrogen-bond acceptors (Lipinski definition) is 2. The maximum Gasteiger partial charge on any atom is 0.160 e. The van der Waals surface area contributed by atoms with Crippen molar-refractivity contribution in [1.29, 1.82) is 0 Å². The van der Waals surface area contributed by atoms with Gasteiger partial charge in [0.2, 0.25) is 0 Å². The zero-order valence-corrected chi connectivity index (χ0v) is 11.2. The van der Waals surface area contributed by atoms with Crippen LogP contribution in [0.5, 0.6) is 0 Å². The molecular weight excluding hydrogens is 246 g/mol. The van der Waals surface area contributed by atoms with Gasteiger partial charge in [0.15, 0.2) is 11.6 Å². The van der Waals surface area contributed by atoms with Crippen LogP contribution in [0.25, 0.3) is 0 Å². The van der Waals surface area contributed by atoms with E-state index in [1.54, 1.807) is 6.07 Å². The van der Waals surface area contributed by atoms with Crippen molar-refractivity contribution in [2.45, 2.75) is 38.3 Å². The van der Waals surface area contributed by atoms with E-state index in [9.17, 15) is 8.78 Å². The largest absolute Gasteiger partial charge is 0.366 e. The van der Waals surface area contributed by atoms with E-state index in [0.29, 0.717) is 12.1 Å². The quantitative estimate of drug-likeness (QED) is 0.905. The molecule has 1 N–H and O–H groups in total. The summed E-state index contributed by atoms with van der Waals surface area (Å²) in [6.45, 7) is 3.96. The summed E-state index contributed by atoms with van der Waals surface area (Å²) in [4.78, 5) is 2.24. The molecular formula is C15H20F2N2. The number of nitrogens with one attached hydrogen (secondary N) is 1. The monoisotopic (exact) mass is 266 g/mol. The van der Waals surface area contributed by atoms with Gasteiger partial charge in [0.05, 0.1) is 0 Å². The third kappa shape index (κ3) is 2.59. The number of nitrogens with zero attached hydrogens (tertiary/aromatic N) is 1. The first-order valence-corrected chi connectivity index (χ1v) is 7.14. The number of hydrogen-bond donors (Lipinski definition) is 1. The molecule has 2 fully saturated rings. The Kier molecular flexibility index (Phi) is 3.44. The molecule has 104 valence electrons. The molecule has 2 aliphatic rings. The van der Waals surface area contributed by atoms with Crippen molar-refractivity contribution >= 4 is 5.69 Å². The molecule has 1 saturated carbocycles. The molecule has 1 aromatic carbocycles. The number of anilines is 1. The topological polar surface area (TPSA) is 15.3 Å². The Labute approximate surface area is 112 Å². The van der Waals surface area contributed by atoms with Gasteiger partial charge in [0.1, 0.15) is 0 Å². The van der Waals surface area contributed by atoms with Crippen molar-refractivity contribution in [3.63, 3.8) is 0 Å². The molecule has 2 unspecified atom stereocenters. The lowest BCUT2D eigenvalue weighted by molar-refractivity contribution is 0.359. The van der Waals surface area contributed by atoms with Gasteiger partial charge in [-0.3, -0.25) is 0 Å². The molecule has 1 heterocycles. The van der Waals surface area contributed by atoms with E-state index in [2.05, 4.69) is 17.1 Å². The minimum absolute atomic E-state index is 0.361. The van der Waals surface area contributed by atoms with Crippen LogP contribution >= 0.6 is 0 Å². The zero-order valence-electron chi connectivity index (χ0n) is 11.2. The molecule has 4 heteroatoms. The van der Waals surface area contributed by atoms with Gasteiger partial charge in [-0.25, -0.2) is 8.78 Å². The lowest BCUT2D eigenvalue weighted by Crippen LogP contribution is -2.57. The van der Waals surface area contributed by atoms with E-state index in [1.165, 1.54) is 25.0 Å². The summed E-state index contributed by atoms with van der Waals surface area (Å²) < 4.78 is 26.5. The van der Waals surface area contributed by atoms with E-state index in [-0.39, 0.29) is 0 Å². The van der Waals surface area contributed by atoms with Crippen molar-refractivity contribution in [3.05, 3.63) is 29.8 Å². The molecule has 1 aromatic rings. The minimum Gasteiger partial charge on any atom is -0.366 e. The van der Waals surface area contributed by atoms with E-state index in [1.807, 2.05) is 0 Å². The number of halogens is 2. The van der Waals surface area contributed by atoms with Crippen molar-refractivity contribution in [3.8, 4) is 0 Å². The molecule has 0 aromatic heterocycles. The number of piperazine rings is 1. The Morgan fingerprint density at radius 1 is 1.26 bits per heavy atom. The third-order valence-electron chi connectivity index (χ3n) is 4.35. The second-order valence-corrected chi connectivity index (χ2v) is 5.67. The van der Waals surface area contributed by atoms with E-state index in [4.69, 9.17) is 0 Å². The van der Waals surface area contributed by atoms with Crippen LogP contribution in [-0.2, 0) is 0 Å². The SMILES string of the molecule is CCC1CNC(C2CC2)CN1c1ccc(F)c(F)c1. The van der Waals surface area contributed by atoms with Crippen LogP contribution in [0.3, 0.4) is 0 Å². The lowest BCUT2D eigenvalue weighted by Gasteiger charge is -2.42. The normalized spacial score (nSPS) is 27.6. The first kappa shape index (κ1) is 12.9. The van der Waals surface area contributed by atoms with Crippen LogP contribution in [0.4, 0.5) is 14.5 Å². The highest BCUT2D eigenvalue weighted by Gasteiger charge is 2.36. The summed E-state index contributed by atoms with van der Waals surface area (Å²) in [7, 11) is 0. The Morgan fingerprint density at radius 2 is 2.05 bits per heavy atom. The van der Waals surface area contributed by atoms with Gasteiger partial charge in [-0.1, -0.05) is 6.92 Å². The molecule has 2 nitrogen and oxygen atoms in total. The van der Waals surface area contributed by atoms with Crippen LogP contribution in [0.1, 0.15) is 26.2 Å². The average molecular weight is 266 g/mol. The summed E-state index contributed by atoms with van der Waals surface area (Å²) in [5.74, 6) is -0.759. The number of benzene rings is 1. The molecule has 0 amide bonds. The Bertz CT molecular complexity index is 459. The minimum atomic E-state index is -0.773. The van der Waals surface area contributed by atoms with E-state index in [0.717, 1.165) is 31.1 Å². The Balaban J connectivity index is 1.82. The van der Waals surface area contributed by atoms with Crippen LogP contribution in [-0.4, -0.2) is 25.2 Å². The predicted octanol–water partition coefficient (Wildman–Crippen LogP) is 2.93. The van der Waals surface area contributed by atoms with Crippen molar-refractivity contribution in [2.24, 2.45) is 5.92 Å². The summed E-state index contributed by atoms with van der Waals surface area (Å²) in [5.41, 5.74) is 0.804. The molecule has 0 radical (unpaired) electrons. The van der Waals surface area contributed by atoms with Gasteiger partial charge in [-0.05, 0) is 37.3 Å². The highest BCUT2D eigenvalue weighted by Crippen LogP contribution is 2.35. The van der Waals surface area contributed by atoms with Crippen LogP contribution in [0.15, 0.2) is 18.2 Å². The van der Waals surface area contributed by atoms with Gasteiger partial charge in [0, 0.05) is 36.9 Å². The van der Waals surface area contributed by atoms with Crippen molar-refractivity contribution in [1.82, 2.24) is 5.32 Å². The maximum atomic E-state index is 13.4. The smallest absolute Gasteiger partial charge is 0.160 e. The Hall–Kier alpha value is -1.16. The molecule has 1 saturated heterocycles. The van der Waals surface area contributed by atoms with Gasteiger partial charge in [-0.2, -0.15) is 0 Å². The summed E-state index contributed by atoms with van der Waals surface area (Å²) >= 11 is 0. The molecule has 1 aliphatic carbocycles. The highest BCUT2D eigenvalue weighted by atomic mass is 19.2. The first-order valence-electron chi connectivity index (χ1n) is 7.14. The van der Waals surface area contributed by atoms with Gasteiger partial charge < -0.3 is 10.2 Å². The maximum absolute atomic E-state index is 13.4. The molecule has 19 heavy (non-hydrogen) atoms. The summed E-state index contributed by atoms with van der Waals surface area (Å²) in [6, 6.07) is 5.10. The molecule has 1 aliphatic heterocycles. The van der Waals surface area contributed by atoms with E-state index >= 15 is 0 Å². The van der Waals surface area contributed by atoms with Gasteiger partial charge >= 0.3 is 0 Å². The van der Waals surface area contributed by atoms with Crippen LogP contribution < -0.4 is 10.2 Å². The molecule has 2 atom stereocenters. The van der Waals surface area contributed by atoms with Crippen molar-refractivity contribution in [2.75, 3.05) is 18.0 Å². The zero-order chi connectivity index (χ0) is 13.4. The predicted molar refractivity (Wildman–Crippen MR) is 72.3 cm³/mol. The molecule has 3 rings (SSSR count). The fraction of sp³-hybridized carbons (Fsp3) is 0.600. The first-order chi connectivity index (χ1) is 9.19. The standard InChI is InChI=1S/C15H20F2N2/c1-2-11-8-18-15(10-3-4-10)9-19(11)12-5-6-13(16)14(17)7-12/h5-7,10-11,15,18H,2-4,8-9H2,1H3. The van der Waals surface area contributed by atoms with Crippen molar-refractivity contribution < 1.29 is 8.78 Å². The van der Waals surface area contributed by atoms with Crippen LogP contribution in [0.2, 0.25) is 0 Å².